The van der Waals surface area contributed by atoms with E-state index in [4.69, 9.17) is 12.6 Å². The van der Waals surface area contributed by atoms with Crippen molar-refractivity contribution in [2.75, 3.05) is 19.3 Å². The minimum atomic E-state index is 0.452. The molecule has 0 aliphatic heterocycles. The summed E-state index contributed by atoms with van der Waals surface area (Å²) < 4.78 is 0. The summed E-state index contributed by atoms with van der Waals surface area (Å²) in [6, 6.07) is 0.829. The standard InChI is InChI=1S/C17H35NS/c1-4-12-17(15-19,13-5-2)14-18(3)16-10-8-6-7-9-11-16/h16,19H,4-15H2,1-3H3. The van der Waals surface area contributed by atoms with E-state index in [1.807, 2.05) is 0 Å². The lowest BCUT2D eigenvalue weighted by Gasteiger charge is -2.39. The van der Waals surface area contributed by atoms with E-state index in [0.29, 0.717) is 5.41 Å². The number of nitrogens with zero attached hydrogens (tertiary/aromatic N) is 1. The average molecular weight is 286 g/mol. The van der Waals surface area contributed by atoms with E-state index < -0.39 is 0 Å². The van der Waals surface area contributed by atoms with Gasteiger partial charge in [-0.3, -0.25) is 0 Å². The van der Waals surface area contributed by atoms with Gasteiger partial charge in [0.1, 0.15) is 0 Å². The Bertz CT molecular complexity index is 215. The van der Waals surface area contributed by atoms with Crippen molar-refractivity contribution in [1.82, 2.24) is 4.90 Å². The van der Waals surface area contributed by atoms with Crippen molar-refractivity contribution in [2.24, 2.45) is 5.41 Å². The Morgan fingerprint density at radius 1 is 1.00 bits per heavy atom. The van der Waals surface area contributed by atoms with Gasteiger partial charge in [-0.1, -0.05) is 52.4 Å². The quantitative estimate of drug-likeness (QED) is 0.476. The first-order chi connectivity index (χ1) is 9.17. The highest BCUT2D eigenvalue weighted by Crippen LogP contribution is 2.34. The molecule has 0 amide bonds. The molecule has 0 atom stereocenters. The van der Waals surface area contributed by atoms with Crippen LogP contribution >= 0.6 is 12.6 Å². The molecular weight excluding hydrogens is 250 g/mol. The van der Waals surface area contributed by atoms with Crippen LogP contribution in [0.3, 0.4) is 0 Å². The largest absolute Gasteiger partial charge is 0.303 e. The van der Waals surface area contributed by atoms with E-state index >= 15 is 0 Å². The van der Waals surface area contributed by atoms with Crippen molar-refractivity contribution in [1.29, 1.82) is 0 Å². The highest BCUT2D eigenvalue weighted by atomic mass is 32.1. The van der Waals surface area contributed by atoms with Crippen molar-refractivity contribution in [3.63, 3.8) is 0 Å². The Labute approximate surface area is 126 Å². The van der Waals surface area contributed by atoms with Gasteiger partial charge in [-0.25, -0.2) is 0 Å². The maximum atomic E-state index is 4.70. The summed E-state index contributed by atoms with van der Waals surface area (Å²) in [5, 5.41) is 0. The van der Waals surface area contributed by atoms with Crippen molar-refractivity contribution in [3.05, 3.63) is 0 Å². The van der Waals surface area contributed by atoms with Crippen molar-refractivity contribution in [3.8, 4) is 0 Å². The van der Waals surface area contributed by atoms with Crippen LogP contribution in [0.5, 0.6) is 0 Å². The Balaban J connectivity index is 2.59. The molecule has 19 heavy (non-hydrogen) atoms. The second-order valence-corrected chi connectivity index (χ2v) is 7.03. The van der Waals surface area contributed by atoms with Gasteiger partial charge in [0.25, 0.3) is 0 Å². The molecule has 114 valence electrons. The van der Waals surface area contributed by atoms with Crippen molar-refractivity contribution in [2.45, 2.75) is 84.1 Å². The van der Waals surface area contributed by atoms with Crippen molar-refractivity contribution >= 4 is 12.6 Å². The molecule has 1 rings (SSSR count). The summed E-state index contributed by atoms with van der Waals surface area (Å²) in [5.74, 6) is 1.05. The van der Waals surface area contributed by atoms with E-state index in [1.165, 1.54) is 70.8 Å². The van der Waals surface area contributed by atoms with Crippen LogP contribution in [0, 0.1) is 5.41 Å². The molecule has 0 unspecified atom stereocenters. The van der Waals surface area contributed by atoms with E-state index in [0.717, 1.165) is 11.8 Å². The molecule has 0 saturated heterocycles. The summed E-state index contributed by atoms with van der Waals surface area (Å²) in [6.45, 7) is 5.89. The molecule has 0 N–H and O–H groups in total. The van der Waals surface area contributed by atoms with Crippen LogP contribution in [0.4, 0.5) is 0 Å². The van der Waals surface area contributed by atoms with Gasteiger partial charge in [-0.2, -0.15) is 12.6 Å². The average Bonchev–Trinajstić information content (AvgIpc) is 2.68. The second-order valence-electron chi connectivity index (χ2n) is 6.72. The smallest absolute Gasteiger partial charge is 0.00924 e. The van der Waals surface area contributed by atoms with Crippen molar-refractivity contribution < 1.29 is 0 Å². The minimum absolute atomic E-state index is 0.452. The van der Waals surface area contributed by atoms with Gasteiger partial charge in [0.05, 0.1) is 0 Å². The first-order valence-corrected chi connectivity index (χ1v) is 9.12. The molecule has 0 aromatic rings. The Kier molecular flexibility index (Phi) is 8.48. The molecule has 0 bridgehead atoms. The van der Waals surface area contributed by atoms with Gasteiger partial charge >= 0.3 is 0 Å². The third-order valence-electron chi connectivity index (χ3n) is 4.93. The van der Waals surface area contributed by atoms with Crippen LogP contribution < -0.4 is 0 Å². The number of thiol groups is 1. The fraction of sp³-hybridized carbons (Fsp3) is 1.00. The number of hydrogen-bond donors (Lipinski definition) is 1. The normalized spacial score (nSPS) is 18.8. The maximum absolute atomic E-state index is 4.70. The number of hydrogen-bond acceptors (Lipinski definition) is 2. The first kappa shape index (κ1) is 17.4. The molecule has 0 aromatic heterocycles. The van der Waals surface area contributed by atoms with Gasteiger partial charge in [-0.15, -0.1) is 0 Å². The van der Waals surface area contributed by atoms with Crippen LogP contribution in [0.15, 0.2) is 0 Å². The van der Waals surface area contributed by atoms with Gasteiger partial charge in [0, 0.05) is 12.6 Å². The Hall–Kier alpha value is 0.310. The zero-order valence-electron chi connectivity index (χ0n) is 13.5. The lowest BCUT2D eigenvalue weighted by Crippen LogP contribution is -2.42. The van der Waals surface area contributed by atoms with Crippen LogP contribution in [0.2, 0.25) is 0 Å². The van der Waals surface area contributed by atoms with E-state index in [-0.39, 0.29) is 0 Å². The first-order valence-electron chi connectivity index (χ1n) is 8.48. The van der Waals surface area contributed by atoms with Crippen LogP contribution in [0.25, 0.3) is 0 Å². The fourth-order valence-electron chi connectivity index (χ4n) is 3.91. The molecule has 1 aliphatic rings. The van der Waals surface area contributed by atoms with E-state index in [9.17, 15) is 0 Å². The molecule has 1 aliphatic carbocycles. The molecule has 1 saturated carbocycles. The van der Waals surface area contributed by atoms with Gasteiger partial charge in [0.2, 0.25) is 0 Å². The molecule has 1 fully saturated rings. The van der Waals surface area contributed by atoms with Gasteiger partial charge in [-0.05, 0) is 43.9 Å². The summed E-state index contributed by atoms with van der Waals surface area (Å²) in [6.07, 6.45) is 13.8. The van der Waals surface area contributed by atoms with Gasteiger partial charge in [0.15, 0.2) is 0 Å². The fourth-order valence-corrected chi connectivity index (χ4v) is 4.32. The molecule has 1 nitrogen and oxygen atoms in total. The zero-order chi connectivity index (χ0) is 14.1. The lowest BCUT2D eigenvalue weighted by atomic mass is 9.80. The zero-order valence-corrected chi connectivity index (χ0v) is 14.4. The third kappa shape index (κ3) is 5.67. The highest BCUT2D eigenvalue weighted by molar-refractivity contribution is 7.80. The van der Waals surface area contributed by atoms with Crippen LogP contribution in [0.1, 0.15) is 78.1 Å². The predicted octanol–water partition coefficient (Wildman–Crippen LogP) is 5.16. The Morgan fingerprint density at radius 3 is 1.95 bits per heavy atom. The molecule has 0 heterocycles. The summed E-state index contributed by atoms with van der Waals surface area (Å²) >= 11 is 4.70. The minimum Gasteiger partial charge on any atom is -0.303 e. The topological polar surface area (TPSA) is 3.24 Å². The van der Waals surface area contributed by atoms with Crippen LogP contribution in [-0.4, -0.2) is 30.3 Å². The molecule has 2 heteroatoms. The molecule has 0 spiro atoms. The summed E-state index contributed by atoms with van der Waals surface area (Å²) in [5.41, 5.74) is 0.452. The van der Waals surface area contributed by atoms with Gasteiger partial charge < -0.3 is 4.90 Å². The van der Waals surface area contributed by atoms with E-state index in [2.05, 4.69) is 25.8 Å². The Morgan fingerprint density at radius 2 is 1.53 bits per heavy atom. The molecule has 0 radical (unpaired) electrons. The number of rotatable bonds is 8. The summed E-state index contributed by atoms with van der Waals surface area (Å²) in [7, 11) is 2.36. The monoisotopic (exact) mass is 285 g/mol. The maximum Gasteiger partial charge on any atom is 0.00924 e. The second kappa shape index (κ2) is 9.28. The van der Waals surface area contributed by atoms with Crippen LogP contribution in [-0.2, 0) is 0 Å². The molecular formula is C17H35NS. The predicted molar refractivity (Wildman–Crippen MR) is 90.2 cm³/mol. The van der Waals surface area contributed by atoms with E-state index in [1.54, 1.807) is 0 Å². The SMILES string of the molecule is CCCC(CS)(CCC)CN(C)C1CCCCCC1. The third-order valence-corrected chi connectivity index (χ3v) is 5.60. The highest BCUT2D eigenvalue weighted by Gasteiger charge is 2.30. The molecule has 0 aromatic carbocycles. The summed E-state index contributed by atoms with van der Waals surface area (Å²) in [4.78, 5) is 2.67. The lowest BCUT2D eigenvalue weighted by molar-refractivity contribution is 0.124.